The van der Waals surface area contributed by atoms with Crippen molar-refractivity contribution in [3.63, 3.8) is 0 Å². The van der Waals surface area contributed by atoms with Gasteiger partial charge in [-0.25, -0.2) is 0 Å². The van der Waals surface area contributed by atoms with Crippen molar-refractivity contribution in [3.8, 4) is 0 Å². The van der Waals surface area contributed by atoms with Gasteiger partial charge in [-0.3, -0.25) is 9.80 Å². The van der Waals surface area contributed by atoms with E-state index in [9.17, 15) is 0 Å². The zero-order valence-electron chi connectivity index (χ0n) is 13.2. The molecule has 0 aliphatic carbocycles. The molecule has 6 heteroatoms. The van der Waals surface area contributed by atoms with E-state index >= 15 is 0 Å². The summed E-state index contributed by atoms with van der Waals surface area (Å²) < 4.78 is 6.85. The molecule has 1 saturated heterocycles. The highest BCUT2D eigenvalue weighted by Crippen LogP contribution is 2.27. The fraction of sp³-hybridized carbons (Fsp3) is 0.412. The molecule has 0 saturated carbocycles. The molecule has 0 unspecified atom stereocenters. The maximum Gasteiger partial charge on any atom is 0.230 e. The van der Waals surface area contributed by atoms with Crippen LogP contribution < -0.4 is 0 Å². The first-order valence-electron chi connectivity index (χ1n) is 7.97. The van der Waals surface area contributed by atoms with Crippen LogP contribution in [0.1, 0.15) is 17.3 Å². The van der Waals surface area contributed by atoms with Crippen molar-refractivity contribution in [2.45, 2.75) is 20.0 Å². The van der Waals surface area contributed by atoms with Crippen molar-refractivity contribution >= 4 is 21.4 Å². The average Bonchev–Trinajstić information content (AvgIpc) is 3.16. The van der Waals surface area contributed by atoms with Crippen molar-refractivity contribution in [1.29, 1.82) is 0 Å². The molecular formula is C17H20N4OS. The molecule has 0 radical (unpaired) electrons. The summed E-state index contributed by atoms with van der Waals surface area (Å²) in [6.45, 7) is 7.88. The highest BCUT2D eigenvalue weighted by Gasteiger charge is 2.19. The predicted molar refractivity (Wildman–Crippen MR) is 91.4 cm³/mol. The van der Waals surface area contributed by atoms with Gasteiger partial charge in [-0.2, -0.15) is 0 Å². The Balaban J connectivity index is 1.34. The van der Waals surface area contributed by atoms with Crippen molar-refractivity contribution in [3.05, 3.63) is 47.0 Å². The number of rotatable bonds is 4. The molecule has 3 aromatic rings. The molecule has 0 amide bonds. The summed E-state index contributed by atoms with van der Waals surface area (Å²) in [5.74, 6) is 1.36. The fourth-order valence-corrected chi connectivity index (χ4v) is 4.05. The van der Waals surface area contributed by atoms with E-state index < -0.39 is 0 Å². The summed E-state index contributed by atoms with van der Waals surface area (Å²) in [4.78, 5) is 4.92. The second-order valence-electron chi connectivity index (χ2n) is 6.02. The second-order valence-corrected chi connectivity index (χ2v) is 6.94. The average molecular weight is 328 g/mol. The standard InChI is InChI=1S/C17H20N4OS/c1-13-18-19-17(22-13)11-21-8-6-20(7-9-21)10-14-12-23-16-5-3-2-4-15(14)16/h2-5,12H,6-11H2,1H3. The van der Waals surface area contributed by atoms with Crippen molar-refractivity contribution < 1.29 is 4.42 Å². The number of thiophene rings is 1. The number of piperazine rings is 1. The predicted octanol–water partition coefficient (Wildman–Crippen LogP) is 2.91. The van der Waals surface area contributed by atoms with Crippen molar-refractivity contribution in [2.75, 3.05) is 26.2 Å². The molecule has 0 spiro atoms. The van der Waals surface area contributed by atoms with Gasteiger partial charge in [0.05, 0.1) is 6.54 Å². The molecule has 23 heavy (non-hydrogen) atoms. The van der Waals surface area contributed by atoms with Crippen LogP contribution in [0.25, 0.3) is 10.1 Å². The van der Waals surface area contributed by atoms with Gasteiger partial charge in [0, 0.05) is 44.3 Å². The SMILES string of the molecule is Cc1nnc(CN2CCN(Cc3csc4ccccc34)CC2)o1. The van der Waals surface area contributed by atoms with E-state index in [0.29, 0.717) is 5.89 Å². The van der Waals surface area contributed by atoms with E-state index in [1.807, 2.05) is 18.3 Å². The molecule has 3 heterocycles. The minimum atomic E-state index is 0.642. The molecule has 2 aromatic heterocycles. The van der Waals surface area contributed by atoms with Crippen LogP contribution in [0.4, 0.5) is 0 Å². The molecule has 1 fully saturated rings. The Morgan fingerprint density at radius 2 is 1.78 bits per heavy atom. The molecule has 1 aromatic carbocycles. The third kappa shape index (κ3) is 3.29. The molecular weight excluding hydrogens is 308 g/mol. The first kappa shape index (κ1) is 14.8. The zero-order valence-corrected chi connectivity index (χ0v) is 14.1. The number of aromatic nitrogens is 2. The fourth-order valence-electron chi connectivity index (χ4n) is 3.09. The number of hydrogen-bond donors (Lipinski definition) is 0. The summed E-state index contributed by atoms with van der Waals surface area (Å²) in [6, 6.07) is 8.67. The molecule has 5 nitrogen and oxygen atoms in total. The van der Waals surface area contributed by atoms with Crippen LogP contribution in [0, 0.1) is 6.92 Å². The normalized spacial score (nSPS) is 17.1. The second kappa shape index (κ2) is 6.39. The van der Waals surface area contributed by atoms with Crippen LogP contribution in [0.2, 0.25) is 0 Å². The van der Waals surface area contributed by atoms with Crippen LogP contribution in [0.5, 0.6) is 0 Å². The van der Waals surface area contributed by atoms with Gasteiger partial charge in [0.1, 0.15) is 0 Å². The third-order valence-electron chi connectivity index (χ3n) is 4.35. The largest absolute Gasteiger partial charge is 0.424 e. The first-order valence-corrected chi connectivity index (χ1v) is 8.85. The molecule has 120 valence electrons. The lowest BCUT2D eigenvalue weighted by Gasteiger charge is -2.33. The van der Waals surface area contributed by atoms with Gasteiger partial charge in [-0.15, -0.1) is 21.5 Å². The van der Waals surface area contributed by atoms with Gasteiger partial charge in [-0.1, -0.05) is 18.2 Å². The van der Waals surface area contributed by atoms with E-state index in [2.05, 4.69) is 49.6 Å². The summed E-state index contributed by atoms with van der Waals surface area (Å²) in [7, 11) is 0. The monoisotopic (exact) mass is 328 g/mol. The van der Waals surface area contributed by atoms with Crippen LogP contribution in [0.15, 0.2) is 34.1 Å². The lowest BCUT2D eigenvalue weighted by atomic mass is 10.1. The van der Waals surface area contributed by atoms with Gasteiger partial charge in [0.2, 0.25) is 11.8 Å². The Labute approximate surface area is 139 Å². The Hall–Kier alpha value is -1.76. The van der Waals surface area contributed by atoms with Crippen LogP contribution in [0.3, 0.4) is 0 Å². The summed E-state index contributed by atoms with van der Waals surface area (Å²) >= 11 is 1.84. The summed E-state index contributed by atoms with van der Waals surface area (Å²) in [6.07, 6.45) is 0. The zero-order chi connectivity index (χ0) is 15.6. The van der Waals surface area contributed by atoms with Crippen LogP contribution >= 0.6 is 11.3 Å². The van der Waals surface area contributed by atoms with Gasteiger partial charge in [-0.05, 0) is 22.4 Å². The van der Waals surface area contributed by atoms with Crippen LogP contribution in [-0.4, -0.2) is 46.2 Å². The van der Waals surface area contributed by atoms with Gasteiger partial charge in [0.25, 0.3) is 0 Å². The number of fused-ring (bicyclic) bond motifs is 1. The maximum atomic E-state index is 5.47. The Bertz CT molecular complexity index is 789. The van der Waals surface area contributed by atoms with E-state index in [0.717, 1.165) is 45.2 Å². The number of benzene rings is 1. The van der Waals surface area contributed by atoms with Crippen molar-refractivity contribution in [2.24, 2.45) is 0 Å². The Kier molecular flexibility index (Phi) is 4.11. The molecule has 1 aliphatic rings. The Morgan fingerprint density at radius 3 is 2.52 bits per heavy atom. The van der Waals surface area contributed by atoms with E-state index in [4.69, 9.17) is 4.42 Å². The topological polar surface area (TPSA) is 45.4 Å². The highest BCUT2D eigenvalue weighted by molar-refractivity contribution is 7.17. The van der Waals surface area contributed by atoms with Crippen LogP contribution in [-0.2, 0) is 13.1 Å². The lowest BCUT2D eigenvalue weighted by molar-refractivity contribution is 0.114. The minimum absolute atomic E-state index is 0.642. The molecule has 1 aliphatic heterocycles. The Morgan fingerprint density at radius 1 is 1.04 bits per heavy atom. The van der Waals surface area contributed by atoms with Gasteiger partial charge in [0.15, 0.2) is 0 Å². The van der Waals surface area contributed by atoms with Gasteiger partial charge >= 0.3 is 0 Å². The number of nitrogens with zero attached hydrogens (tertiary/aromatic N) is 4. The third-order valence-corrected chi connectivity index (χ3v) is 5.36. The van der Waals surface area contributed by atoms with E-state index in [1.54, 1.807) is 0 Å². The molecule has 0 atom stereocenters. The summed E-state index contributed by atoms with van der Waals surface area (Å²) in [5, 5.41) is 11.7. The molecule has 4 rings (SSSR count). The smallest absolute Gasteiger partial charge is 0.230 e. The lowest BCUT2D eigenvalue weighted by Crippen LogP contribution is -2.45. The molecule has 0 bridgehead atoms. The first-order chi connectivity index (χ1) is 11.3. The van der Waals surface area contributed by atoms with Gasteiger partial charge < -0.3 is 4.42 Å². The summed E-state index contributed by atoms with van der Waals surface area (Å²) in [5.41, 5.74) is 1.45. The number of hydrogen-bond acceptors (Lipinski definition) is 6. The highest BCUT2D eigenvalue weighted by atomic mass is 32.1. The quantitative estimate of drug-likeness (QED) is 0.737. The number of aryl methyl sites for hydroxylation is 1. The maximum absolute atomic E-state index is 5.47. The van der Waals surface area contributed by atoms with E-state index in [-0.39, 0.29) is 0 Å². The van der Waals surface area contributed by atoms with Crippen molar-refractivity contribution in [1.82, 2.24) is 20.0 Å². The minimum Gasteiger partial charge on any atom is -0.424 e. The van der Waals surface area contributed by atoms with E-state index in [1.165, 1.54) is 15.6 Å². The molecule has 0 N–H and O–H groups in total.